The molecule has 0 N–H and O–H groups in total. The summed E-state index contributed by atoms with van der Waals surface area (Å²) in [5.41, 5.74) is 0.110. The van der Waals surface area contributed by atoms with E-state index in [4.69, 9.17) is 9.47 Å². The van der Waals surface area contributed by atoms with Crippen LogP contribution in [0.4, 0.5) is 18.9 Å². The number of halogens is 3. The Kier molecular flexibility index (Phi) is 7.31. The third kappa shape index (κ3) is 7.49. The van der Waals surface area contributed by atoms with Crippen LogP contribution in [0.15, 0.2) is 41.4 Å². The predicted molar refractivity (Wildman–Crippen MR) is 81.2 cm³/mol. The molecule has 23 heavy (non-hydrogen) atoms. The van der Waals surface area contributed by atoms with Gasteiger partial charge in [-0.2, -0.15) is 13.2 Å². The summed E-state index contributed by atoms with van der Waals surface area (Å²) in [6.45, 7) is 1.18. The van der Waals surface area contributed by atoms with Crippen molar-refractivity contribution in [3.63, 3.8) is 0 Å². The van der Waals surface area contributed by atoms with Gasteiger partial charge in [-0.05, 0) is 37.6 Å². The molecule has 0 atom stereocenters. The first-order valence-corrected chi connectivity index (χ1v) is 6.90. The summed E-state index contributed by atoms with van der Waals surface area (Å²) in [6, 6.07) is 5.82. The molecular formula is C16H18F3NO3. The molecule has 1 rings (SSSR count). The van der Waals surface area contributed by atoms with Crippen LogP contribution in [0.2, 0.25) is 0 Å². The largest absolute Gasteiger partial charge is 0.497 e. The first-order valence-electron chi connectivity index (χ1n) is 6.90. The van der Waals surface area contributed by atoms with Crippen LogP contribution in [0.3, 0.4) is 0 Å². The lowest BCUT2D eigenvalue weighted by atomic mass is 10.2. The number of alkyl halides is 3. The fraction of sp³-hybridized carbons (Fsp3) is 0.375. The monoisotopic (exact) mass is 329 g/mol. The minimum atomic E-state index is -4.69. The molecule has 0 fully saturated rings. The van der Waals surface area contributed by atoms with E-state index >= 15 is 0 Å². The highest BCUT2D eigenvalue weighted by molar-refractivity contribution is 5.84. The highest BCUT2D eigenvalue weighted by Gasteiger charge is 2.38. The summed E-state index contributed by atoms with van der Waals surface area (Å²) in [5, 5.41) is 0. The Hall–Kier alpha value is -2.31. The smallest absolute Gasteiger partial charge is 0.468 e. The SMILES string of the molecule is COc1ccc(N=C(OC/C=C\CCC(C)=O)C(F)(F)F)cc1. The molecular weight excluding hydrogens is 311 g/mol. The highest BCUT2D eigenvalue weighted by Crippen LogP contribution is 2.24. The number of ether oxygens (including phenoxy) is 2. The Bertz CT molecular complexity index is 563. The van der Waals surface area contributed by atoms with E-state index in [9.17, 15) is 18.0 Å². The van der Waals surface area contributed by atoms with Gasteiger partial charge < -0.3 is 14.3 Å². The Balaban J connectivity index is 2.69. The summed E-state index contributed by atoms with van der Waals surface area (Å²) < 4.78 is 48.3. The predicted octanol–water partition coefficient (Wildman–Crippen LogP) is 4.23. The lowest BCUT2D eigenvalue weighted by Crippen LogP contribution is -2.25. The molecule has 0 aliphatic heterocycles. The number of ketones is 1. The summed E-state index contributed by atoms with van der Waals surface area (Å²) in [6.07, 6.45) is -0.841. The van der Waals surface area contributed by atoms with Crippen molar-refractivity contribution in [2.24, 2.45) is 4.99 Å². The van der Waals surface area contributed by atoms with E-state index in [1.807, 2.05) is 0 Å². The van der Waals surface area contributed by atoms with Crippen LogP contribution in [-0.2, 0) is 9.53 Å². The molecule has 0 bridgehead atoms. The average molecular weight is 329 g/mol. The Labute approximate surface area is 132 Å². The molecule has 0 radical (unpaired) electrons. The second-order valence-corrected chi connectivity index (χ2v) is 4.64. The Morgan fingerprint density at radius 2 is 1.87 bits per heavy atom. The van der Waals surface area contributed by atoms with Crippen molar-refractivity contribution < 1.29 is 27.4 Å². The minimum Gasteiger partial charge on any atom is -0.497 e. The zero-order valence-corrected chi connectivity index (χ0v) is 12.9. The third-order valence-corrected chi connectivity index (χ3v) is 2.69. The lowest BCUT2D eigenvalue weighted by molar-refractivity contribution is -0.116. The number of hydrogen-bond acceptors (Lipinski definition) is 4. The van der Waals surface area contributed by atoms with Crippen LogP contribution in [0.5, 0.6) is 5.75 Å². The molecule has 1 aromatic rings. The van der Waals surface area contributed by atoms with Gasteiger partial charge in [-0.3, -0.25) is 0 Å². The van der Waals surface area contributed by atoms with Gasteiger partial charge in [-0.1, -0.05) is 12.2 Å². The second kappa shape index (κ2) is 8.97. The van der Waals surface area contributed by atoms with Crippen molar-refractivity contribution in [1.29, 1.82) is 0 Å². The van der Waals surface area contributed by atoms with Crippen molar-refractivity contribution in [2.45, 2.75) is 25.9 Å². The zero-order valence-electron chi connectivity index (χ0n) is 12.9. The van der Waals surface area contributed by atoms with Gasteiger partial charge in [0.05, 0.1) is 12.8 Å². The summed E-state index contributed by atoms with van der Waals surface area (Å²) in [4.78, 5) is 14.2. The van der Waals surface area contributed by atoms with Gasteiger partial charge in [0.2, 0.25) is 0 Å². The number of carbonyl (C=O) groups is 1. The molecule has 0 saturated heterocycles. The molecule has 0 aliphatic rings. The summed E-state index contributed by atoms with van der Waals surface area (Å²) >= 11 is 0. The highest BCUT2D eigenvalue weighted by atomic mass is 19.4. The fourth-order valence-corrected chi connectivity index (χ4v) is 1.55. The summed E-state index contributed by atoms with van der Waals surface area (Å²) in [7, 11) is 1.46. The number of carbonyl (C=O) groups excluding carboxylic acids is 1. The van der Waals surface area contributed by atoms with E-state index < -0.39 is 12.1 Å². The summed E-state index contributed by atoms with van der Waals surface area (Å²) in [5.74, 6) is -0.779. The number of methoxy groups -OCH3 is 1. The number of Topliss-reactive ketones (excluding diaryl/α,β-unsaturated/α-hetero) is 1. The van der Waals surface area contributed by atoms with Gasteiger partial charge in [0.15, 0.2) is 0 Å². The normalized spacial score (nSPS) is 12.5. The maximum atomic E-state index is 12.9. The fourth-order valence-electron chi connectivity index (χ4n) is 1.55. The molecule has 0 saturated carbocycles. The lowest BCUT2D eigenvalue weighted by Gasteiger charge is -2.11. The molecule has 0 spiro atoms. The number of rotatable bonds is 7. The Morgan fingerprint density at radius 1 is 1.22 bits per heavy atom. The molecule has 0 unspecified atom stereocenters. The minimum absolute atomic E-state index is 0.0209. The van der Waals surface area contributed by atoms with Gasteiger partial charge in [0, 0.05) is 6.42 Å². The van der Waals surface area contributed by atoms with Gasteiger partial charge >= 0.3 is 6.18 Å². The van der Waals surface area contributed by atoms with Gasteiger partial charge in [-0.25, -0.2) is 4.99 Å². The van der Waals surface area contributed by atoms with Gasteiger partial charge in [0.25, 0.3) is 5.90 Å². The van der Waals surface area contributed by atoms with Crippen LogP contribution in [0, 0.1) is 0 Å². The Morgan fingerprint density at radius 3 is 2.39 bits per heavy atom. The van der Waals surface area contributed by atoms with Crippen LogP contribution in [0.25, 0.3) is 0 Å². The van der Waals surface area contributed by atoms with Crippen molar-refractivity contribution in [3.05, 3.63) is 36.4 Å². The van der Waals surface area contributed by atoms with E-state index in [0.717, 1.165) is 0 Å². The molecule has 7 heteroatoms. The molecule has 0 amide bonds. The maximum Gasteiger partial charge on any atom is 0.468 e. The van der Waals surface area contributed by atoms with Crippen LogP contribution < -0.4 is 4.74 Å². The van der Waals surface area contributed by atoms with Crippen molar-refractivity contribution in [1.82, 2.24) is 0 Å². The quantitative estimate of drug-likeness (QED) is 0.427. The molecule has 0 aliphatic carbocycles. The number of allylic oxidation sites excluding steroid dienone is 1. The zero-order chi connectivity index (χ0) is 17.3. The van der Waals surface area contributed by atoms with Crippen LogP contribution in [-0.4, -0.2) is 31.6 Å². The third-order valence-electron chi connectivity index (χ3n) is 2.69. The van der Waals surface area contributed by atoms with Gasteiger partial charge in [0.1, 0.15) is 18.1 Å². The van der Waals surface area contributed by atoms with Gasteiger partial charge in [-0.15, -0.1) is 0 Å². The topological polar surface area (TPSA) is 47.9 Å². The van der Waals surface area contributed by atoms with E-state index in [1.165, 1.54) is 44.4 Å². The molecule has 0 aromatic heterocycles. The molecule has 4 nitrogen and oxygen atoms in total. The maximum absolute atomic E-state index is 12.9. The van der Waals surface area contributed by atoms with E-state index in [1.54, 1.807) is 6.08 Å². The first kappa shape index (κ1) is 18.7. The van der Waals surface area contributed by atoms with E-state index in [2.05, 4.69) is 4.99 Å². The molecule has 126 valence electrons. The number of aliphatic imine (C=N–C) groups is 1. The average Bonchev–Trinajstić information content (AvgIpc) is 2.48. The second-order valence-electron chi connectivity index (χ2n) is 4.64. The first-order chi connectivity index (χ1) is 10.8. The van der Waals surface area contributed by atoms with Crippen molar-refractivity contribution in [3.8, 4) is 5.75 Å². The van der Waals surface area contributed by atoms with Crippen LogP contribution >= 0.6 is 0 Å². The number of nitrogens with zero attached hydrogens (tertiary/aromatic N) is 1. The number of benzene rings is 1. The molecule has 0 heterocycles. The van der Waals surface area contributed by atoms with Crippen molar-refractivity contribution in [2.75, 3.05) is 13.7 Å². The molecule has 1 aromatic carbocycles. The van der Waals surface area contributed by atoms with E-state index in [0.29, 0.717) is 18.6 Å². The van der Waals surface area contributed by atoms with Crippen LogP contribution in [0.1, 0.15) is 19.8 Å². The standard InChI is InChI=1S/C16H18F3NO3/c1-12(21)6-4-3-5-11-23-15(16(17,18)19)20-13-7-9-14(22-2)10-8-13/h3,5,7-10H,4,6,11H2,1-2H3/b5-3-,20-15?. The number of hydrogen-bond donors (Lipinski definition) is 0. The van der Waals surface area contributed by atoms with Crippen molar-refractivity contribution >= 4 is 17.4 Å². The van der Waals surface area contributed by atoms with E-state index in [-0.39, 0.29) is 18.1 Å².